The number of thioether (sulfide) groups is 1. The summed E-state index contributed by atoms with van der Waals surface area (Å²) >= 11 is 1.93. The minimum atomic E-state index is 0.136. The maximum absolute atomic E-state index is 11.9. The normalized spacial score (nSPS) is 29.1. The van der Waals surface area contributed by atoms with E-state index in [0.717, 1.165) is 26.1 Å². The molecule has 1 amide bonds. The number of nitrogens with one attached hydrogen (secondary N) is 2. The number of carbonyl (C=O) groups excluding carboxylic acids is 1. The standard InChI is InChI=1S/C14H26N2O2S/c1-19-13-5-3-2-4-12(13)15-10-14(17)16-11-6-8-18-9-7-11/h11-13,15H,2-10H2,1H3,(H,16,17). The molecule has 2 N–H and O–H groups in total. The van der Waals surface area contributed by atoms with Crippen LogP contribution in [0.3, 0.4) is 0 Å². The van der Waals surface area contributed by atoms with Crippen LogP contribution in [-0.2, 0) is 9.53 Å². The minimum absolute atomic E-state index is 0.136. The van der Waals surface area contributed by atoms with Crippen LogP contribution < -0.4 is 10.6 Å². The first-order valence-corrected chi connectivity index (χ1v) is 8.71. The molecule has 110 valence electrons. The van der Waals surface area contributed by atoms with Gasteiger partial charge < -0.3 is 15.4 Å². The second-order valence-corrected chi connectivity index (χ2v) is 6.58. The average molecular weight is 286 g/mol. The van der Waals surface area contributed by atoms with Crippen LogP contribution in [0.5, 0.6) is 0 Å². The molecule has 0 spiro atoms. The predicted octanol–water partition coefficient (Wildman–Crippen LogP) is 1.55. The van der Waals surface area contributed by atoms with Crippen LogP contribution in [0.2, 0.25) is 0 Å². The van der Waals surface area contributed by atoms with Crippen molar-refractivity contribution in [3.8, 4) is 0 Å². The van der Waals surface area contributed by atoms with Gasteiger partial charge in [-0.25, -0.2) is 0 Å². The van der Waals surface area contributed by atoms with Crippen molar-refractivity contribution in [1.82, 2.24) is 10.6 Å². The molecule has 2 rings (SSSR count). The summed E-state index contributed by atoms with van der Waals surface area (Å²) in [5.74, 6) is 0.136. The third kappa shape index (κ3) is 4.97. The van der Waals surface area contributed by atoms with Crippen molar-refractivity contribution >= 4 is 17.7 Å². The highest BCUT2D eigenvalue weighted by molar-refractivity contribution is 7.99. The summed E-state index contributed by atoms with van der Waals surface area (Å²) < 4.78 is 5.30. The fourth-order valence-corrected chi connectivity index (χ4v) is 3.92. The molecule has 0 aromatic rings. The first-order chi connectivity index (χ1) is 9.29. The summed E-state index contributed by atoms with van der Waals surface area (Å²) in [6, 6.07) is 0.815. The number of amides is 1. The van der Waals surface area contributed by atoms with Gasteiger partial charge in [-0.1, -0.05) is 12.8 Å². The monoisotopic (exact) mass is 286 g/mol. The van der Waals surface area contributed by atoms with Crippen molar-refractivity contribution < 1.29 is 9.53 Å². The van der Waals surface area contributed by atoms with Crippen LogP contribution in [0.4, 0.5) is 0 Å². The zero-order chi connectivity index (χ0) is 13.5. The Morgan fingerprint density at radius 2 is 1.95 bits per heavy atom. The zero-order valence-electron chi connectivity index (χ0n) is 11.8. The topological polar surface area (TPSA) is 50.4 Å². The largest absolute Gasteiger partial charge is 0.381 e. The van der Waals surface area contributed by atoms with Crippen LogP contribution >= 0.6 is 11.8 Å². The Labute approximate surface area is 120 Å². The summed E-state index contributed by atoms with van der Waals surface area (Å²) in [4.78, 5) is 11.9. The molecule has 4 nitrogen and oxygen atoms in total. The van der Waals surface area contributed by atoms with Gasteiger partial charge in [0, 0.05) is 30.5 Å². The molecule has 2 unspecified atom stereocenters. The van der Waals surface area contributed by atoms with E-state index in [0.29, 0.717) is 23.9 Å². The molecule has 0 bridgehead atoms. The second kappa shape index (κ2) is 8.12. The summed E-state index contributed by atoms with van der Waals surface area (Å²) in [6.07, 6.45) is 9.17. The Kier molecular flexibility index (Phi) is 6.47. The molecule has 1 heterocycles. The third-order valence-electron chi connectivity index (χ3n) is 4.12. The van der Waals surface area contributed by atoms with E-state index in [4.69, 9.17) is 4.74 Å². The Bertz CT molecular complexity index is 283. The van der Waals surface area contributed by atoms with Crippen LogP contribution in [0, 0.1) is 0 Å². The van der Waals surface area contributed by atoms with Crippen molar-refractivity contribution in [2.24, 2.45) is 0 Å². The fourth-order valence-electron chi connectivity index (χ4n) is 2.96. The van der Waals surface area contributed by atoms with Gasteiger partial charge in [-0.3, -0.25) is 4.79 Å². The average Bonchev–Trinajstić information content (AvgIpc) is 2.46. The molecule has 2 atom stereocenters. The Hall–Kier alpha value is -0.260. The van der Waals surface area contributed by atoms with Gasteiger partial charge in [-0.05, 0) is 31.9 Å². The van der Waals surface area contributed by atoms with Gasteiger partial charge in [0.2, 0.25) is 5.91 Å². The molecule has 1 saturated heterocycles. The number of ether oxygens (including phenoxy) is 1. The van der Waals surface area contributed by atoms with E-state index < -0.39 is 0 Å². The van der Waals surface area contributed by atoms with Crippen LogP contribution in [0.1, 0.15) is 38.5 Å². The third-order valence-corrected chi connectivity index (χ3v) is 5.29. The first kappa shape index (κ1) is 15.1. The SMILES string of the molecule is CSC1CCCCC1NCC(=O)NC1CCOCC1. The smallest absolute Gasteiger partial charge is 0.234 e. The van der Waals surface area contributed by atoms with Crippen molar-refractivity contribution in [3.05, 3.63) is 0 Å². The van der Waals surface area contributed by atoms with Gasteiger partial charge in [0.15, 0.2) is 0 Å². The molecular formula is C14H26N2O2S. The fraction of sp³-hybridized carbons (Fsp3) is 0.929. The van der Waals surface area contributed by atoms with Crippen molar-refractivity contribution in [2.75, 3.05) is 26.0 Å². The van der Waals surface area contributed by atoms with Crippen molar-refractivity contribution in [1.29, 1.82) is 0 Å². The van der Waals surface area contributed by atoms with Crippen molar-refractivity contribution in [2.45, 2.75) is 55.9 Å². The molecule has 1 saturated carbocycles. The van der Waals surface area contributed by atoms with E-state index in [2.05, 4.69) is 16.9 Å². The predicted molar refractivity (Wildman–Crippen MR) is 79.5 cm³/mol. The summed E-state index contributed by atoms with van der Waals surface area (Å²) in [5.41, 5.74) is 0. The van der Waals surface area contributed by atoms with Gasteiger partial charge in [-0.2, -0.15) is 11.8 Å². The van der Waals surface area contributed by atoms with E-state index in [1.54, 1.807) is 0 Å². The Morgan fingerprint density at radius 3 is 2.68 bits per heavy atom. The lowest BCUT2D eigenvalue weighted by atomic mass is 9.95. The maximum Gasteiger partial charge on any atom is 0.234 e. The van der Waals surface area contributed by atoms with Gasteiger partial charge in [0.1, 0.15) is 0 Å². The highest BCUT2D eigenvalue weighted by atomic mass is 32.2. The lowest BCUT2D eigenvalue weighted by Crippen LogP contribution is -2.48. The van der Waals surface area contributed by atoms with Crippen LogP contribution in [-0.4, -0.2) is 49.3 Å². The second-order valence-electron chi connectivity index (χ2n) is 5.50. The van der Waals surface area contributed by atoms with E-state index in [1.807, 2.05) is 11.8 Å². The van der Waals surface area contributed by atoms with E-state index in [1.165, 1.54) is 25.7 Å². The lowest BCUT2D eigenvalue weighted by Gasteiger charge is -2.31. The minimum Gasteiger partial charge on any atom is -0.381 e. The highest BCUT2D eigenvalue weighted by Crippen LogP contribution is 2.26. The summed E-state index contributed by atoms with van der Waals surface area (Å²) in [5, 5.41) is 7.22. The molecule has 1 aliphatic carbocycles. The number of carbonyl (C=O) groups is 1. The number of hydrogen-bond acceptors (Lipinski definition) is 4. The van der Waals surface area contributed by atoms with Crippen LogP contribution in [0.25, 0.3) is 0 Å². The van der Waals surface area contributed by atoms with Gasteiger partial charge in [0.05, 0.1) is 6.54 Å². The Balaban J connectivity index is 1.67. The molecule has 0 radical (unpaired) electrons. The quantitative estimate of drug-likeness (QED) is 0.805. The van der Waals surface area contributed by atoms with Gasteiger partial charge in [0.25, 0.3) is 0 Å². The molecule has 0 aromatic carbocycles. The van der Waals surface area contributed by atoms with E-state index in [-0.39, 0.29) is 5.91 Å². The van der Waals surface area contributed by atoms with E-state index >= 15 is 0 Å². The highest BCUT2D eigenvalue weighted by Gasteiger charge is 2.24. The molecule has 2 aliphatic rings. The molecule has 1 aliphatic heterocycles. The number of rotatable bonds is 5. The van der Waals surface area contributed by atoms with Crippen molar-refractivity contribution in [3.63, 3.8) is 0 Å². The van der Waals surface area contributed by atoms with Gasteiger partial charge >= 0.3 is 0 Å². The lowest BCUT2D eigenvalue weighted by molar-refractivity contribution is -0.121. The molecular weight excluding hydrogens is 260 g/mol. The first-order valence-electron chi connectivity index (χ1n) is 7.43. The molecule has 5 heteroatoms. The maximum atomic E-state index is 11.9. The molecule has 19 heavy (non-hydrogen) atoms. The Morgan fingerprint density at radius 1 is 1.21 bits per heavy atom. The summed E-state index contributed by atoms with van der Waals surface area (Å²) in [6.45, 7) is 2.00. The number of hydrogen-bond donors (Lipinski definition) is 2. The molecule has 0 aromatic heterocycles. The summed E-state index contributed by atoms with van der Waals surface area (Å²) in [7, 11) is 0. The van der Waals surface area contributed by atoms with Crippen LogP contribution in [0.15, 0.2) is 0 Å². The molecule has 2 fully saturated rings. The van der Waals surface area contributed by atoms with E-state index in [9.17, 15) is 4.79 Å². The zero-order valence-corrected chi connectivity index (χ0v) is 12.6. The van der Waals surface area contributed by atoms with Gasteiger partial charge in [-0.15, -0.1) is 0 Å².